The first kappa shape index (κ1) is 14.3. The van der Waals surface area contributed by atoms with Gasteiger partial charge in [-0.05, 0) is 35.9 Å². The number of hydrogen-bond donors (Lipinski definition) is 1. The van der Waals surface area contributed by atoms with E-state index in [4.69, 9.17) is 22.1 Å². The summed E-state index contributed by atoms with van der Waals surface area (Å²) >= 11 is 7.93. The van der Waals surface area contributed by atoms with E-state index in [1.165, 1.54) is 0 Å². The van der Waals surface area contributed by atoms with Crippen LogP contribution in [0, 0.1) is 0 Å². The van der Waals surface area contributed by atoms with Crippen molar-refractivity contribution in [3.05, 3.63) is 59.1 Å². The number of benzene rings is 2. The van der Waals surface area contributed by atoms with Gasteiger partial charge in [-0.3, -0.25) is 0 Å². The highest BCUT2D eigenvalue weighted by atomic mass is 35.5. The minimum absolute atomic E-state index is 0.155. The van der Waals surface area contributed by atoms with Crippen molar-refractivity contribution < 1.29 is 4.74 Å². The molecule has 100 valence electrons. The maximum absolute atomic E-state index is 6.22. The second-order valence-corrected chi connectivity index (χ2v) is 5.72. The summed E-state index contributed by atoms with van der Waals surface area (Å²) in [6, 6.07) is 15.8. The molecule has 2 nitrogen and oxygen atoms in total. The summed E-state index contributed by atoms with van der Waals surface area (Å²) in [6.45, 7) is 0.542. The Morgan fingerprint density at radius 3 is 2.42 bits per heavy atom. The molecule has 0 aromatic heterocycles. The molecule has 0 saturated carbocycles. The largest absolute Gasteiger partial charge is 0.497 e. The van der Waals surface area contributed by atoms with Gasteiger partial charge in [-0.15, -0.1) is 11.8 Å². The Balaban J connectivity index is 2.17. The Morgan fingerprint density at radius 2 is 1.84 bits per heavy atom. The third kappa shape index (κ3) is 3.66. The van der Waals surface area contributed by atoms with Crippen molar-refractivity contribution in [3.8, 4) is 5.75 Å². The van der Waals surface area contributed by atoms with Gasteiger partial charge in [0.05, 0.1) is 7.11 Å². The zero-order valence-corrected chi connectivity index (χ0v) is 12.2. The summed E-state index contributed by atoms with van der Waals surface area (Å²) in [6.07, 6.45) is 0. The molecule has 0 saturated heterocycles. The Kier molecular flexibility index (Phi) is 5.14. The number of halogens is 1. The summed E-state index contributed by atoms with van der Waals surface area (Å²) in [4.78, 5) is 1.15. The van der Waals surface area contributed by atoms with Crippen LogP contribution in [0.15, 0.2) is 53.4 Å². The van der Waals surface area contributed by atoms with E-state index >= 15 is 0 Å². The smallest absolute Gasteiger partial charge is 0.118 e. The zero-order valence-electron chi connectivity index (χ0n) is 10.7. The molecule has 0 bridgehead atoms. The minimum atomic E-state index is 0.155. The monoisotopic (exact) mass is 293 g/mol. The molecule has 0 aliphatic heterocycles. The molecule has 0 aliphatic rings. The minimum Gasteiger partial charge on any atom is -0.497 e. The predicted octanol–water partition coefficient (Wildman–Crippen LogP) is 4.14. The Labute approximate surface area is 122 Å². The lowest BCUT2D eigenvalue weighted by Crippen LogP contribution is -2.09. The Bertz CT molecular complexity index is 530. The molecule has 0 heterocycles. The fourth-order valence-corrected chi connectivity index (χ4v) is 3.18. The highest BCUT2D eigenvalue weighted by Crippen LogP contribution is 2.37. The van der Waals surface area contributed by atoms with Crippen LogP contribution in [0.3, 0.4) is 0 Å². The van der Waals surface area contributed by atoms with Crippen LogP contribution in [0.2, 0.25) is 5.02 Å². The third-order valence-electron chi connectivity index (χ3n) is 2.80. The Morgan fingerprint density at radius 1 is 1.16 bits per heavy atom. The average molecular weight is 294 g/mol. The summed E-state index contributed by atoms with van der Waals surface area (Å²) in [5, 5.41) is 0.918. The molecule has 1 unspecified atom stereocenters. The van der Waals surface area contributed by atoms with E-state index in [9.17, 15) is 0 Å². The molecular weight excluding hydrogens is 278 g/mol. The van der Waals surface area contributed by atoms with Crippen LogP contribution in [0.1, 0.15) is 10.8 Å². The summed E-state index contributed by atoms with van der Waals surface area (Å²) in [5.74, 6) is 0.853. The first-order valence-corrected chi connectivity index (χ1v) is 7.25. The number of thioether (sulfide) groups is 1. The van der Waals surface area contributed by atoms with Crippen molar-refractivity contribution in [2.24, 2.45) is 5.73 Å². The standard InChI is InChI=1S/C15H16ClNOS/c1-18-11-6-8-12(9-7-11)19-15(10-17)13-4-2-3-5-14(13)16/h2-9,15H,10,17H2,1H3. The van der Waals surface area contributed by atoms with E-state index in [-0.39, 0.29) is 5.25 Å². The van der Waals surface area contributed by atoms with Crippen molar-refractivity contribution in [2.75, 3.05) is 13.7 Å². The zero-order chi connectivity index (χ0) is 13.7. The molecule has 1 atom stereocenters. The van der Waals surface area contributed by atoms with Gasteiger partial charge in [0.15, 0.2) is 0 Å². The molecule has 19 heavy (non-hydrogen) atoms. The van der Waals surface area contributed by atoms with Gasteiger partial charge in [0.1, 0.15) is 5.75 Å². The topological polar surface area (TPSA) is 35.2 Å². The lowest BCUT2D eigenvalue weighted by molar-refractivity contribution is 0.414. The molecule has 0 fully saturated rings. The number of rotatable bonds is 5. The van der Waals surface area contributed by atoms with Crippen molar-refractivity contribution >= 4 is 23.4 Å². The van der Waals surface area contributed by atoms with E-state index in [0.717, 1.165) is 21.2 Å². The number of hydrogen-bond acceptors (Lipinski definition) is 3. The number of nitrogens with two attached hydrogens (primary N) is 1. The van der Waals surface area contributed by atoms with E-state index in [2.05, 4.69) is 0 Å². The molecule has 0 amide bonds. The first-order chi connectivity index (χ1) is 9.24. The highest BCUT2D eigenvalue weighted by molar-refractivity contribution is 7.99. The number of methoxy groups -OCH3 is 1. The van der Waals surface area contributed by atoms with Gasteiger partial charge >= 0.3 is 0 Å². The molecule has 2 aromatic rings. The molecule has 0 aliphatic carbocycles. The maximum Gasteiger partial charge on any atom is 0.118 e. The quantitative estimate of drug-likeness (QED) is 0.842. The molecule has 2 N–H and O–H groups in total. The molecule has 0 spiro atoms. The van der Waals surface area contributed by atoms with Gasteiger partial charge in [-0.1, -0.05) is 29.8 Å². The van der Waals surface area contributed by atoms with Gasteiger partial charge in [0.25, 0.3) is 0 Å². The van der Waals surface area contributed by atoms with Crippen molar-refractivity contribution in [3.63, 3.8) is 0 Å². The van der Waals surface area contributed by atoms with Crippen LogP contribution >= 0.6 is 23.4 Å². The normalized spacial score (nSPS) is 12.2. The van der Waals surface area contributed by atoms with Crippen LogP contribution in [0.5, 0.6) is 5.75 Å². The second kappa shape index (κ2) is 6.85. The highest BCUT2D eigenvalue weighted by Gasteiger charge is 2.14. The van der Waals surface area contributed by atoms with E-state index < -0.39 is 0 Å². The van der Waals surface area contributed by atoms with Gasteiger partial charge in [-0.25, -0.2) is 0 Å². The summed E-state index contributed by atoms with van der Waals surface area (Å²) in [5.41, 5.74) is 6.95. The van der Waals surface area contributed by atoms with Gasteiger partial charge in [-0.2, -0.15) is 0 Å². The molecule has 0 radical (unpaired) electrons. The lowest BCUT2D eigenvalue weighted by Gasteiger charge is -2.16. The molecule has 4 heteroatoms. The van der Waals surface area contributed by atoms with E-state index in [1.54, 1.807) is 18.9 Å². The van der Waals surface area contributed by atoms with Gasteiger partial charge < -0.3 is 10.5 Å². The van der Waals surface area contributed by atoms with Crippen molar-refractivity contribution in [1.82, 2.24) is 0 Å². The average Bonchev–Trinajstić information content (AvgIpc) is 2.46. The van der Waals surface area contributed by atoms with Crippen LogP contribution in [0.25, 0.3) is 0 Å². The third-order valence-corrected chi connectivity index (χ3v) is 4.42. The van der Waals surface area contributed by atoms with Crippen LogP contribution < -0.4 is 10.5 Å². The number of ether oxygens (including phenoxy) is 1. The maximum atomic E-state index is 6.22. The predicted molar refractivity (Wildman–Crippen MR) is 82.1 cm³/mol. The van der Waals surface area contributed by atoms with Gasteiger partial charge in [0.2, 0.25) is 0 Å². The molecule has 2 rings (SSSR count). The molecular formula is C15H16ClNOS. The molecule has 2 aromatic carbocycles. The van der Waals surface area contributed by atoms with Crippen LogP contribution in [-0.4, -0.2) is 13.7 Å². The SMILES string of the molecule is COc1ccc(SC(CN)c2ccccc2Cl)cc1. The van der Waals surface area contributed by atoms with Crippen molar-refractivity contribution in [2.45, 2.75) is 10.1 Å². The fraction of sp³-hybridized carbons (Fsp3) is 0.200. The first-order valence-electron chi connectivity index (χ1n) is 6.00. The van der Waals surface area contributed by atoms with Crippen LogP contribution in [0.4, 0.5) is 0 Å². The lowest BCUT2D eigenvalue weighted by atomic mass is 10.1. The van der Waals surface area contributed by atoms with Crippen molar-refractivity contribution in [1.29, 1.82) is 0 Å². The second-order valence-electron chi connectivity index (χ2n) is 4.04. The Hall–Kier alpha value is -1.16. The fourth-order valence-electron chi connectivity index (χ4n) is 1.79. The van der Waals surface area contributed by atoms with Gasteiger partial charge in [0, 0.05) is 21.7 Å². The van der Waals surface area contributed by atoms with E-state index in [1.807, 2.05) is 48.5 Å². The van der Waals surface area contributed by atoms with E-state index in [0.29, 0.717) is 6.54 Å². The van der Waals surface area contributed by atoms with Crippen LogP contribution in [-0.2, 0) is 0 Å². The summed E-state index contributed by atoms with van der Waals surface area (Å²) < 4.78 is 5.15. The summed E-state index contributed by atoms with van der Waals surface area (Å²) in [7, 11) is 1.66.